The van der Waals surface area contributed by atoms with Gasteiger partial charge in [-0.05, 0) is 44.0 Å². The van der Waals surface area contributed by atoms with Crippen LogP contribution in [0.25, 0.3) is 11.4 Å². The van der Waals surface area contributed by atoms with Gasteiger partial charge in [0.15, 0.2) is 0 Å². The zero-order chi connectivity index (χ0) is 11.4. The number of hydrogen-bond acceptors (Lipinski definition) is 4. The highest BCUT2D eigenvalue weighted by molar-refractivity contribution is 5.54. The number of hydrogen-bond donors (Lipinski definition) is 2. The minimum absolute atomic E-state index is 0.693. The maximum absolute atomic E-state index is 5.46. The highest BCUT2D eigenvalue weighted by Gasteiger charge is 2.05. The summed E-state index contributed by atoms with van der Waals surface area (Å²) < 4.78 is 0. The Balaban J connectivity index is 2.18. The molecule has 2 heterocycles. The zero-order valence-corrected chi connectivity index (χ0v) is 9.27. The molecule has 0 fully saturated rings. The Morgan fingerprint density at radius 1 is 1.31 bits per heavy atom. The number of nitrogens with two attached hydrogens (primary N) is 1. The number of nitrogens with one attached hydrogen (secondary N) is 1. The van der Waals surface area contributed by atoms with E-state index in [0.29, 0.717) is 6.54 Å². The van der Waals surface area contributed by atoms with Gasteiger partial charge < -0.3 is 5.73 Å². The van der Waals surface area contributed by atoms with Crippen molar-refractivity contribution in [3.8, 4) is 11.4 Å². The monoisotopic (exact) mass is 217 g/mol. The van der Waals surface area contributed by atoms with Crippen molar-refractivity contribution in [1.82, 2.24) is 20.4 Å². The van der Waals surface area contributed by atoms with Crippen LogP contribution in [0.4, 0.5) is 0 Å². The second kappa shape index (κ2) is 4.85. The van der Waals surface area contributed by atoms with Gasteiger partial charge in [-0.3, -0.25) is 5.10 Å². The third-order valence-electron chi connectivity index (χ3n) is 2.33. The van der Waals surface area contributed by atoms with Gasteiger partial charge in [-0.25, -0.2) is 0 Å². The first-order valence-electron chi connectivity index (χ1n) is 5.33. The summed E-state index contributed by atoms with van der Waals surface area (Å²) >= 11 is 0. The van der Waals surface area contributed by atoms with Crippen LogP contribution in [0.2, 0.25) is 0 Å². The number of rotatable bonds is 4. The number of aromatic nitrogens is 4. The van der Waals surface area contributed by atoms with Crippen LogP contribution in [-0.4, -0.2) is 26.9 Å². The van der Waals surface area contributed by atoms with Crippen LogP contribution in [0.1, 0.15) is 17.7 Å². The van der Waals surface area contributed by atoms with E-state index in [1.54, 1.807) is 6.20 Å². The molecule has 5 nitrogen and oxygen atoms in total. The Hall–Kier alpha value is -1.75. The van der Waals surface area contributed by atoms with E-state index in [1.165, 1.54) is 0 Å². The van der Waals surface area contributed by atoms with Gasteiger partial charge >= 0.3 is 0 Å². The summed E-state index contributed by atoms with van der Waals surface area (Å²) in [7, 11) is 0. The van der Waals surface area contributed by atoms with E-state index in [2.05, 4.69) is 20.4 Å². The molecule has 5 heteroatoms. The zero-order valence-electron chi connectivity index (χ0n) is 9.27. The maximum atomic E-state index is 5.46. The molecule has 84 valence electrons. The van der Waals surface area contributed by atoms with Gasteiger partial charge in [0, 0.05) is 5.69 Å². The molecule has 2 aromatic heterocycles. The molecule has 0 spiro atoms. The SMILES string of the molecule is Cc1cnnc(-c2cc(CCCN)[nH]n2)c1. The van der Waals surface area contributed by atoms with Gasteiger partial charge in [0.1, 0.15) is 11.4 Å². The van der Waals surface area contributed by atoms with Crippen molar-refractivity contribution in [3.63, 3.8) is 0 Å². The molecule has 3 N–H and O–H groups in total. The predicted molar refractivity (Wildman–Crippen MR) is 61.7 cm³/mol. The van der Waals surface area contributed by atoms with E-state index in [9.17, 15) is 0 Å². The predicted octanol–water partition coefficient (Wildman–Crippen LogP) is 1.07. The van der Waals surface area contributed by atoms with Crippen molar-refractivity contribution in [2.75, 3.05) is 6.54 Å². The van der Waals surface area contributed by atoms with E-state index >= 15 is 0 Å². The quantitative estimate of drug-likeness (QED) is 0.802. The molecule has 0 aliphatic rings. The molecule has 2 rings (SSSR count). The van der Waals surface area contributed by atoms with Gasteiger partial charge in [0.25, 0.3) is 0 Å². The molecule has 0 saturated heterocycles. The molecule has 0 unspecified atom stereocenters. The number of nitrogens with zero attached hydrogens (tertiary/aromatic N) is 3. The summed E-state index contributed by atoms with van der Waals surface area (Å²) in [5, 5.41) is 15.2. The first kappa shape index (κ1) is 10.8. The van der Waals surface area contributed by atoms with Crippen molar-refractivity contribution in [2.24, 2.45) is 5.73 Å². The highest BCUT2D eigenvalue weighted by Crippen LogP contribution is 2.15. The van der Waals surface area contributed by atoms with Crippen molar-refractivity contribution < 1.29 is 0 Å². The van der Waals surface area contributed by atoms with Crippen LogP contribution in [0.3, 0.4) is 0 Å². The third-order valence-corrected chi connectivity index (χ3v) is 2.33. The van der Waals surface area contributed by atoms with Gasteiger partial charge in [-0.15, -0.1) is 5.10 Å². The molecule has 0 aromatic carbocycles. The Kier molecular flexibility index (Phi) is 3.26. The van der Waals surface area contributed by atoms with Crippen LogP contribution >= 0.6 is 0 Å². The third kappa shape index (κ3) is 2.43. The summed E-state index contributed by atoms with van der Waals surface area (Å²) in [6.07, 6.45) is 3.61. The van der Waals surface area contributed by atoms with E-state index in [-0.39, 0.29) is 0 Å². The van der Waals surface area contributed by atoms with Crippen molar-refractivity contribution in [1.29, 1.82) is 0 Å². The van der Waals surface area contributed by atoms with Gasteiger partial charge in [-0.2, -0.15) is 10.2 Å². The standard InChI is InChI=1S/C11H15N5/c1-8-5-10(15-13-7-8)11-6-9(14-16-11)3-2-4-12/h5-7H,2-4,12H2,1H3,(H,14,16). The summed E-state index contributed by atoms with van der Waals surface area (Å²) in [6, 6.07) is 3.97. The molecule has 0 radical (unpaired) electrons. The molecule has 0 bridgehead atoms. The fourth-order valence-electron chi connectivity index (χ4n) is 1.50. The van der Waals surface area contributed by atoms with Crippen LogP contribution in [0.15, 0.2) is 18.3 Å². The first-order valence-corrected chi connectivity index (χ1v) is 5.33. The molecule has 16 heavy (non-hydrogen) atoms. The van der Waals surface area contributed by atoms with Gasteiger partial charge in [0.05, 0.1) is 6.20 Å². The minimum atomic E-state index is 0.693. The van der Waals surface area contributed by atoms with Crippen LogP contribution in [-0.2, 0) is 6.42 Å². The fraction of sp³-hybridized carbons (Fsp3) is 0.364. The molecular weight excluding hydrogens is 202 g/mol. The summed E-state index contributed by atoms with van der Waals surface area (Å²) in [6.45, 7) is 2.68. The lowest BCUT2D eigenvalue weighted by molar-refractivity contribution is 0.804. The number of aromatic amines is 1. The van der Waals surface area contributed by atoms with E-state index in [1.807, 2.05) is 19.1 Å². The van der Waals surface area contributed by atoms with E-state index < -0.39 is 0 Å². The van der Waals surface area contributed by atoms with Crippen LogP contribution < -0.4 is 5.73 Å². The summed E-state index contributed by atoms with van der Waals surface area (Å²) in [5.74, 6) is 0. The maximum Gasteiger partial charge on any atom is 0.113 e. The molecule has 0 amide bonds. The molecule has 2 aromatic rings. The fourth-order valence-corrected chi connectivity index (χ4v) is 1.50. The normalized spacial score (nSPS) is 10.6. The topological polar surface area (TPSA) is 80.5 Å². The van der Waals surface area contributed by atoms with Crippen LogP contribution in [0.5, 0.6) is 0 Å². The second-order valence-corrected chi connectivity index (χ2v) is 3.79. The smallest absolute Gasteiger partial charge is 0.113 e. The molecule has 0 atom stereocenters. The second-order valence-electron chi connectivity index (χ2n) is 3.79. The van der Waals surface area contributed by atoms with Gasteiger partial charge in [-0.1, -0.05) is 0 Å². The number of aryl methyl sites for hydroxylation is 2. The average molecular weight is 217 g/mol. The van der Waals surface area contributed by atoms with Crippen LogP contribution in [0, 0.1) is 6.92 Å². The van der Waals surface area contributed by atoms with Crippen molar-refractivity contribution in [2.45, 2.75) is 19.8 Å². The Bertz CT molecular complexity index is 463. The molecule has 0 aliphatic heterocycles. The highest BCUT2D eigenvalue weighted by atomic mass is 15.2. The average Bonchev–Trinajstić information content (AvgIpc) is 2.75. The molecule has 0 aliphatic carbocycles. The Morgan fingerprint density at radius 2 is 2.19 bits per heavy atom. The lowest BCUT2D eigenvalue weighted by Crippen LogP contribution is -2.00. The lowest BCUT2D eigenvalue weighted by Gasteiger charge is -1.94. The Labute approximate surface area is 94.1 Å². The first-order chi connectivity index (χ1) is 7.79. The van der Waals surface area contributed by atoms with E-state index in [0.717, 1.165) is 35.5 Å². The van der Waals surface area contributed by atoms with Crippen molar-refractivity contribution in [3.05, 3.63) is 29.6 Å². The minimum Gasteiger partial charge on any atom is -0.330 e. The Morgan fingerprint density at radius 3 is 2.94 bits per heavy atom. The summed E-state index contributed by atoms with van der Waals surface area (Å²) in [4.78, 5) is 0. The van der Waals surface area contributed by atoms with Gasteiger partial charge in [0.2, 0.25) is 0 Å². The largest absolute Gasteiger partial charge is 0.330 e. The molecular formula is C11H15N5. The van der Waals surface area contributed by atoms with Crippen molar-refractivity contribution >= 4 is 0 Å². The lowest BCUT2D eigenvalue weighted by atomic mass is 10.2. The summed E-state index contributed by atoms with van der Waals surface area (Å²) in [5.41, 5.74) is 9.26. The molecule has 0 saturated carbocycles. The van der Waals surface area contributed by atoms with E-state index in [4.69, 9.17) is 5.73 Å². The number of H-pyrrole nitrogens is 1.